The molecule has 7 heteroatoms. The second kappa shape index (κ2) is 7.38. The quantitative estimate of drug-likeness (QED) is 0.829. The number of nitrogen functional groups attached to an aromatic ring is 1. The van der Waals surface area contributed by atoms with Crippen molar-refractivity contribution in [1.82, 2.24) is 5.32 Å². The van der Waals surface area contributed by atoms with Crippen LogP contribution in [-0.2, 0) is 0 Å². The molecule has 3 N–H and O–H groups in total. The molecule has 0 aromatic carbocycles. The summed E-state index contributed by atoms with van der Waals surface area (Å²) in [6.07, 6.45) is 2.69. The van der Waals surface area contributed by atoms with Crippen LogP contribution in [0.2, 0.25) is 0 Å². The standard InChI is InChI=1S/C14H18N4OS2/c1-2-4-17-13(19)12-11(16)10(9-15)14(21-12)18-5-3-7-20-8-6-18/h2H,1,3-8,16H2,(H,17,19). The fraction of sp³-hybridized carbons (Fsp3) is 0.429. The number of anilines is 2. The van der Waals surface area contributed by atoms with E-state index in [0.29, 0.717) is 17.0 Å². The smallest absolute Gasteiger partial charge is 0.263 e. The van der Waals surface area contributed by atoms with E-state index in [-0.39, 0.29) is 11.6 Å². The summed E-state index contributed by atoms with van der Waals surface area (Å²) in [6, 6.07) is 2.15. The zero-order valence-electron chi connectivity index (χ0n) is 11.7. The van der Waals surface area contributed by atoms with Crippen molar-refractivity contribution in [1.29, 1.82) is 5.26 Å². The lowest BCUT2D eigenvalue weighted by Gasteiger charge is -2.20. The zero-order chi connectivity index (χ0) is 15.2. The third-order valence-electron chi connectivity index (χ3n) is 3.16. The van der Waals surface area contributed by atoms with Crippen molar-refractivity contribution >= 4 is 39.7 Å². The molecule has 1 saturated heterocycles. The molecule has 0 radical (unpaired) electrons. The maximum Gasteiger partial charge on any atom is 0.263 e. The molecule has 0 aliphatic carbocycles. The van der Waals surface area contributed by atoms with Gasteiger partial charge in [-0.1, -0.05) is 6.08 Å². The van der Waals surface area contributed by atoms with Crippen LogP contribution < -0.4 is 16.0 Å². The third kappa shape index (κ3) is 3.52. The summed E-state index contributed by atoms with van der Waals surface area (Å²) in [5, 5.41) is 12.9. The van der Waals surface area contributed by atoms with Gasteiger partial charge >= 0.3 is 0 Å². The molecule has 1 amide bonds. The molecule has 2 rings (SSSR count). The molecule has 0 atom stereocenters. The second-order valence-corrected chi connectivity index (χ2v) is 6.81. The summed E-state index contributed by atoms with van der Waals surface area (Å²) in [4.78, 5) is 14.7. The summed E-state index contributed by atoms with van der Waals surface area (Å²) in [5.41, 5.74) is 6.72. The van der Waals surface area contributed by atoms with Gasteiger partial charge in [-0.2, -0.15) is 17.0 Å². The number of thiophene rings is 1. The molecule has 5 nitrogen and oxygen atoms in total. The highest BCUT2D eigenvalue weighted by molar-refractivity contribution is 7.99. The topological polar surface area (TPSA) is 82.2 Å². The zero-order valence-corrected chi connectivity index (χ0v) is 13.4. The third-order valence-corrected chi connectivity index (χ3v) is 5.47. The number of nitrogens with one attached hydrogen (secondary N) is 1. The van der Waals surface area contributed by atoms with Crippen molar-refractivity contribution in [2.45, 2.75) is 6.42 Å². The highest BCUT2D eigenvalue weighted by Gasteiger charge is 2.24. The highest BCUT2D eigenvalue weighted by Crippen LogP contribution is 2.38. The van der Waals surface area contributed by atoms with Crippen LogP contribution >= 0.6 is 23.1 Å². The molecule has 1 aliphatic heterocycles. The first-order valence-corrected chi connectivity index (χ1v) is 8.70. The number of nitriles is 1. The van der Waals surface area contributed by atoms with E-state index in [2.05, 4.69) is 22.9 Å². The Labute approximate surface area is 132 Å². The van der Waals surface area contributed by atoms with Crippen molar-refractivity contribution in [3.8, 4) is 6.07 Å². The lowest BCUT2D eigenvalue weighted by molar-refractivity contribution is 0.0963. The molecular weight excluding hydrogens is 304 g/mol. The van der Waals surface area contributed by atoms with Gasteiger partial charge in [0.2, 0.25) is 0 Å². The highest BCUT2D eigenvalue weighted by atomic mass is 32.2. The van der Waals surface area contributed by atoms with Crippen LogP contribution in [0.1, 0.15) is 21.7 Å². The average molecular weight is 322 g/mol. The van der Waals surface area contributed by atoms with E-state index in [0.717, 1.165) is 36.0 Å². The Bertz CT molecular complexity index is 568. The van der Waals surface area contributed by atoms with Crippen LogP contribution in [0.5, 0.6) is 0 Å². The van der Waals surface area contributed by atoms with Gasteiger partial charge in [0, 0.05) is 25.4 Å². The Hall–Kier alpha value is -1.65. The van der Waals surface area contributed by atoms with Gasteiger partial charge < -0.3 is 16.0 Å². The van der Waals surface area contributed by atoms with E-state index < -0.39 is 0 Å². The van der Waals surface area contributed by atoms with E-state index in [1.165, 1.54) is 11.3 Å². The molecule has 112 valence electrons. The molecule has 0 unspecified atom stereocenters. The molecule has 1 aromatic heterocycles. The molecule has 21 heavy (non-hydrogen) atoms. The Morgan fingerprint density at radius 2 is 2.33 bits per heavy atom. The molecule has 1 aliphatic rings. The van der Waals surface area contributed by atoms with E-state index in [1.807, 2.05) is 11.8 Å². The predicted molar refractivity (Wildman–Crippen MR) is 90.1 cm³/mol. The van der Waals surface area contributed by atoms with Crippen molar-refractivity contribution in [3.63, 3.8) is 0 Å². The normalized spacial score (nSPS) is 15.1. The Morgan fingerprint density at radius 1 is 1.52 bits per heavy atom. The summed E-state index contributed by atoms with van der Waals surface area (Å²) in [6.45, 7) is 5.73. The Kier molecular flexibility index (Phi) is 5.53. The number of thioether (sulfide) groups is 1. The van der Waals surface area contributed by atoms with Gasteiger partial charge in [-0.05, 0) is 12.2 Å². The van der Waals surface area contributed by atoms with Gasteiger partial charge in [0.25, 0.3) is 5.91 Å². The maximum absolute atomic E-state index is 12.1. The number of nitrogens with zero attached hydrogens (tertiary/aromatic N) is 2. The minimum atomic E-state index is -0.246. The molecule has 0 bridgehead atoms. The molecule has 1 fully saturated rings. The van der Waals surface area contributed by atoms with Gasteiger partial charge in [-0.25, -0.2) is 0 Å². The molecule has 2 heterocycles. The second-order valence-electron chi connectivity index (χ2n) is 4.59. The van der Waals surface area contributed by atoms with Gasteiger partial charge in [-0.3, -0.25) is 4.79 Å². The summed E-state index contributed by atoms with van der Waals surface area (Å²) in [7, 11) is 0. The van der Waals surface area contributed by atoms with Crippen LogP contribution in [-0.4, -0.2) is 37.0 Å². The van der Waals surface area contributed by atoms with E-state index in [1.54, 1.807) is 6.08 Å². The Balaban J connectivity index is 2.31. The predicted octanol–water partition coefficient (Wildman–Crippen LogP) is 2.06. The van der Waals surface area contributed by atoms with Crippen LogP contribution in [0, 0.1) is 11.3 Å². The van der Waals surface area contributed by atoms with E-state index >= 15 is 0 Å². The lowest BCUT2D eigenvalue weighted by Crippen LogP contribution is -2.25. The van der Waals surface area contributed by atoms with Crippen molar-refractivity contribution in [3.05, 3.63) is 23.1 Å². The van der Waals surface area contributed by atoms with Gasteiger partial charge in [0.15, 0.2) is 0 Å². The van der Waals surface area contributed by atoms with Gasteiger partial charge in [0.05, 0.1) is 5.69 Å². The number of rotatable bonds is 4. The van der Waals surface area contributed by atoms with Crippen LogP contribution in [0.3, 0.4) is 0 Å². The maximum atomic E-state index is 12.1. The monoisotopic (exact) mass is 322 g/mol. The Morgan fingerprint density at radius 3 is 3.05 bits per heavy atom. The van der Waals surface area contributed by atoms with Crippen molar-refractivity contribution < 1.29 is 4.79 Å². The van der Waals surface area contributed by atoms with E-state index in [4.69, 9.17) is 5.73 Å². The van der Waals surface area contributed by atoms with Crippen LogP contribution in [0.15, 0.2) is 12.7 Å². The summed E-state index contributed by atoms with van der Waals surface area (Å²) < 4.78 is 0. The first kappa shape index (κ1) is 15.7. The molecule has 0 saturated carbocycles. The fourth-order valence-electron chi connectivity index (χ4n) is 2.13. The average Bonchev–Trinajstić information content (AvgIpc) is 2.68. The van der Waals surface area contributed by atoms with Crippen LogP contribution in [0.25, 0.3) is 0 Å². The fourth-order valence-corrected chi connectivity index (χ4v) is 4.15. The number of hydrogen-bond donors (Lipinski definition) is 2. The van der Waals surface area contributed by atoms with Gasteiger partial charge in [0.1, 0.15) is 21.5 Å². The van der Waals surface area contributed by atoms with Gasteiger partial charge in [-0.15, -0.1) is 17.9 Å². The lowest BCUT2D eigenvalue weighted by atomic mass is 10.2. The summed E-state index contributed by atoms with van der Waals surface area (Å²) >= 11 is 3.22. The largest absolute Gasteiger partial charge is 0.396 e. The molecule has 1 aromatic rings. The summed E-state index contributed by atoms with van der Waals surface area (Å²) in [5.74, 6) is 1.91. The number of amides is 1. The van der Waals surface area contributed by atoms with Crippen LogP contribution in [0.4, 0.5) is 10.7 Å². The van der Waals surface area contributed by atoms with Crippen molar-refractivity contribution in [2.75, 3.05) is 41.8 Å². The minimum Gasteiger partial charge on any atom is -0.396 e. The SMILES string of the molecule is C=CCNC(=O)c1sc(N2CCCSCC2)c(C#N)c1N. The molecular formula is C14H18N4OS2. The number of hydrogen-bond acceptors (Lipinski definition) is 6. The first-order chi connectivity index (χ1) is 10.2. The van der Waals surface area contributed by atoms with E-state index in [9.17, 15) is 10.1 Å². The minimum absolute atomic E-state index is 0.246. The number of carbonyl (C=O) groups excluding carboxylic acids is 1. The number of nitrogens with two attached hydrogens (primary N) is 1. The first-order valence-electron chi connectivity index (χ1n) is 6.73. The number of carbonyl (C=O) groups is 1. The molecule has 0 spiro atoms. The van der Waals surface area contributed by atoms with Crippen molar-refractivity contribution in [2.24, 2.45) is 0 Å².